The van der Waals surface area contributed by atoms with Gasteiger partial charge in [-0.3, -0.25) is 4.90 Å². The molecule has 0 unspecified atom stereocenters. The molecule has 1 heterocycles. The van der Waals surface area contributed by atoms with E-state index in [1.807, 2.05) is 7.05 Å². The standard InChI is InChI=1S/C9H16N4O/c1-13(5-4-10)6-8-11-9(12-14-8)7-2-3-7/h7H,2-6,10H2,1H3. The first-order valence-electron chi connectivity index (χ1n) is 5.00. The number of hydrogen-bond donors (Lipinski definition) is 1. The fourth-order valence-corrected chi connectivity index (χ4v) is 1.37. The van der Waals surface area contributed by atoms with Crippen molar-refractivity contribution in [1.29, 1.82) is 0 Å². The van der Waals surface area contributed by atoms with Crippen LogP contribution in [0.5, 0.6) is 0 Å². The maximum atomic E-state index is 5.44. The Labute approximate surface area is 83.3 Å². The number of nitrogens with two attached hydrogens (primary N) is 1. The van der Waals surface area contributed by atoms with Gasteiger partial charge in [-0.05, 0) is 19.9 Å². The predicted molar refractivity (Wildman–Crippen MR) is 51.7 cm³/mol. The number of rotatable bonds is 5. The van der Waals surface area contributed by atoms with Gasteiger partial charge in [-0.2, -0.15) is 4.98 Å². The van der Waals surface area contributed by atoms with Crippen molar-refractivity contribution >= 4 is 0 Å². The monoisotopic (exact) mass is 196 g/mol. The van der Waals surface area contributed by atoms with Crippen LogP contribution in [-0.4, -0.2) is 35.2 Å². The Bertz CT molecular complexity index is 295. The van der Waals surface area contributed by atoms with Gasteiger partial charge >= 0.3 is 0 Å². The van der Waals surface area contributed by atoms with E-state index in [2.05, 4.69) is 15.0 Å². The Balaban J connectivity index is 1.88. The average Bonchev–Trinajstić information content (AvgIpc) is 2.89. The molecule has 1 aliphatic carbocycles. The van der Waals surface area contributed by atoms with Crippen molar-refractivity contribution < 1.29 is 4.52 Å². The molecule has 1 saturated carbocycles. The van der Waals surface area contributed by atoms with Crippen LogP contribution in [0, 0.1) is 0 Å². The molecule has 5 nitrogen and oxygen atoms in total. The minimum absolute atomic E-state index is 0.562. The first kappa shape index (κ1) is 9.61. The van der Waals surface area contributed by atoms with E-state index in [1.165, 1.54) is 12.8 Å². The van der Waals surface area contributed by atoms with Crippen molar-refractivity contribution in [3.05, 3.63) is 11.7 Å². The van der Waals surface area contributed by atoms with Crippen LogP contribution in [0.1, 0.15) is 30.5 Å². The van der Waals surface area contributed by atoms with E-state index in [-0.39, 0.29) is 0 Å². The molecule has 0 amide bonds. The van der Waals surface area contributed by atoms with Gasteiger partial charge in [0.2, 0.25) is 5.89 Å². The molecule has 0 aromatic carbocycles. The zero-order valence-electron chi connectivity index (χ0n) is 8.44. The molecule has 0 atom stereocenters. The number of aromatic nitrogens is 2. The van der Waals surface area contributed by atoms with Crippen molar-refractivity contribution in [2.45, 2.75) is 25.3 Å². The van der Waals surface area contributed by atoms with Gasteiger partial charge in [0.15, 0.2) is 5.82 Å². The van der Waals surface area contributed by atoms with Gasteiger partial charge in [0.1, 0.15) is 0 Å². The highest BCUT2D eigenvalue weighted by Crippen LogP contribution is 2.38. The minimum atomic E-state index is 0.562. The Morgan fingerprint density at radius 3 is 3.00 bits per heavy atom. The van der Waals surface area contributed by atoms with Crippen molar-refractivity contribution in [3.63, 3.8) is 0 Å². The summed E-state index contributed by atoms with van der Waals surface area (Å²) < 4.78 is 5.14. The second-order valence-corrected chi connectivity index (χ2v) is 3.85. The summed E-state index contributed by atoms with van der Waals surface area (Å²) >= 11 is 0. The van der Waals surface area contributed by atoms with Gasteiger partial charge in [0.25, 0.3) is 0 Å². The fourth-order valence-electron chi connectivity index (χ4n) is 1.37. The number of nitrogens with zero attached hydrogens (tertiary/aromatic N) is 3. The molecule has 78 valence electrons. The van der Waals surface area contributed by atoms with E-state index >= 15 is 0 Å². The van der Waals surface area contributed by atoms with Gasteiger partial charge in [0.05, 0.1) is 6.54 Å². The van der Waals surface area contributed by atoms with Crippen LogP contribution in [0.3, 0.4) is 0 Å². The topological polar surface area (TPSA) is 68.2 Å². The molecule has 1 fully saturated rings. The van der Waals surface area contributed by atoms with Crippen molar-refractivity contribution in [2.75, 3.05) is 20.1 Å². The third-order valence-electron chi connectivity index (χ3n) is 2.34. The summed E-state index contributed by atoms with van der Waals surface area (Å²) in [4.78, 5) is 6.41. The zero-order chi connectivity index (χ0) is 9.97. The SMILES string of the molecule is CN(CCN)Cc1nc(C2CC2)no1. The highest BCUT2D eigenvalue weighted by atomic mass is 16.5. The first-order valence-corrected chi connectivity index (χ1v) is 5.00. The highest BCUT2D eigenvalue weighted by molar-refractivity contribution is 5.03. The van der Waals surface area contributed by atoms with Crippen molar-refractivity contribution in [2.24, 2.45) is 5.73 Å². The van der Waals surface area contributed by atoms with Crippen molar-refractivity contribution in [3.8, 4) is 0 Å². The van der Waals surface area contributed by atoms with Crippen LogP contribution in [0.25, 0.3) is 0 Å². The largest absolute Gasteiger partial charge is 0.338 e. The van der Waals surface area contributed by atoms with E-state index in [0.29, 0.717) is 24.9 Å². The molecule has 2 N–H and O–H groups in total. The molecule has 1 aromatic heterocycles. The van der Waals surface area contributed by atoms with Gasteiger partial charge in [-0.1, -0.05) is 5.16 Å². The molecule has 0 spiro atoms. The molecule has 0 aliphatic heterocycles. The van der Waals surface area contributed by atoms with Crippen LogP contribution in [0.15, 0.2) is 4.52 Å². The zero-order valence-corrected chi connectivity index (χ0v) is 8.44. The van der Waals surface area contributed by atoms with Crippen LogP contribution in [0.4, 0.5) is 0 Å². The van der Waals surface area contributed by atoms with Gasteiger partial charge < -0.3 is 10.3 Å². The minimum Gasteiger partial charge on any atom is -0.338 e. The maximum Gasteiger partial charge on any atom is 0.240 e. The summed E-state index contributed by atoms with van der Waals surface area (Å²) in [6, 6.07) is 0. The predicted octanol–water partition coefficient (Wildman–Crippen LogP) is 0.337. The summed E-state index contributed by atoms with van der Waals surface area (Å²) in [5.74, 6) is 2.14. The van der Waals surface area contributed by atoms with Gasteiger partial charge in [-0.15, -0.1) is 0 Å². The summed E-state index contributed by atoms with van der Waals surface area (Å²) in [7, 11) is 1.99. The summed E-state index contributed by atoms with van der Waals surface area (Å²) in [5, 5.41) is 3.95. The summed E-state index contributed by atoms with van der Waals surface area (Å²) in [6.07, 6.45) is 2.41. The molecule has 0 saturated heterocycles. The normalized spacial score (nSPS) is 16.5. The third kappa shape index (κ3) is 2.30. The third-order valence-corrected chi connectivity index (χ3v) is 2.34. The Hall–Kier alpha value is -0.940. The lowest BCUT2D eigenvalue weighted by atomic mass is 10.4. The molecular formula is C9H16N4O. The van der Waals surface area contributed by atoms with Crippen LogP contribution in [0.2, 0.25) is 0 Å². The van der Waals surface area contributed by atoms with E-state index in [4.69, 9.17) is 10.3 Å². The highest BCUT2D eigenvalue weighted by Gasteiger charge is 2.28. The first-order chi connectivity index (χ1) is 6.79. The average molecular weight is 196 g/mol. The van der Waals surface area contributed by atoms with E-state index < -0.39 is 0 Å². The van der Waals surface area contributed by atoms with E-state index in [0.717, 1.165) is 12.4 Å². The fraction of sp³-hybridized carbons (Fsp3) is 0.778. The molecule has 14 heavy (non-hydrogen) atoms. The molecule has 0 radical (unpaired) electrons. The molecule has 1 aliphatic rings. The lowest BCUT2D eigenvalue weighted by molar-refractivity contribution is 0.271. The Morgan fingerprint density at radius 2 is 2.36 bits per heavy atom. The van der Waals surface area contributed by atoms with Crippen molar-refractivity contribution in [1.82, 2.24) is 15.0 Å². The summed E-state index contributed by atoms with van der Waals surface area (Å²) in [5.41, 5.74) is 5.44. The lowest BCUT2D eigenvalue weighted by Gasteiger charge is -2.11. The second-order valence-electron chi connectivity index (χ2n) is 3.85. The Morgan fingerprint density at radius 1 is 1.57 bits per heavy atom. The number of hydrogen-bond acceptors (Lipinski definition) is 5. The smallest absolute Gasteiger partial charge is 0.240 e. The molecule has 2 rings (SSSR count). The quantitative estimate of drug-likeness (QED) is 0.735. The molecule has 5 heteroatoms. The second kappa shape index (κ2) is 4.06. The molecule has 0 bridgehead atoms. The van der Waals surface area contributed by atoms with E-state index in [1.54, 1.807) is 0 Å². The molecule has 1 aromatic rings. The van der Waals surface area contributed by atoms with Gasteiger partial charge in [0, 0.05) is 19.0 Å². The molecular weight excluding hydrogens is 180 g/mol. The van der Waals surface area contributed by atoms with Crippen LogP contribution < -0.4 is 5.73 Å². The van der Waals surface area contributed by atoms with Crippen LogP contribution >= 0.6 is 0 Å². The number of likely N-dealkylation sites (N-methyl/N-ethyl adjacent to an activating group) is 1. The van der Waals surface area contributed by atoms with Gasteiger partial charge in [-0.25, -0.2) is 0 Å². The lowest BCUT2D eigenvalue weighted by Crippen LogP contribution is -2.25. The van der Waals surface area contributed by atoms with E-state index in [9.17, 15) is 0 Å². The maximum absolute atomic E-state index is 5.44. The Kier molecular flexibility index (Phi) is 2.79. The summed E-state index contributed by atoms with van der Waals surface area (Å²) in [6.45, 7) is 2.19. The van der Waals surface area contributed by atoms with Crippen LogP contribution in [-0.2, 0) is 6.54 Å².